The molecule has 1 aromatic rings. The highest BCUT2D eigenvalue weighted by molar-refractivity contribution is 6.30. The Balaban J connectivity index is 0.00000147. The maximum atomic E-state index is 6.22. The summed E-state index contributed by atoms with van der Waals surface area (Å²) in [5.74, 6) is 1.06. The number of benzene rings is 1. The zero-order valence-corrected chi connectivity index (χ0v) is 13.2. The van der Waals surface area contributed by atoms with Crippen LogP contribution in [0.15, 0.2) is 12.1 Å². The van der Waals surface area contributed by atoms with E-state index in [-0.39, 0.29) is 12.4 Å². The monoisotopic (exact) mass is 316 g/mol. The Morgan fingerprint density at radius 3 is 3.00 bits per heavy atom. The summed E-state index contributed by atoms with van der Waals surface area (Å²) in [5, 5.41) is 0.820. The first-order chi connectivity index (χ1) is 9.28. The summed E-state index contributed by atoms with van der Waals surface area (Å²) in [6.45, 7) is 3.56. The molecule has 2 aliphatic rings. The van der Waals surface area contributed by atoms with Crippen molar-refractivity contribution in [2.45, 2.75) is 38.3 Å². The first-order valence-corrected chi connectivity index (χ1v) is 7.54. The maximum absolute atomic E-state index is 6.22. The van der Waals surface area contributed by atoms with Gasteiger partial charge in [0.05, 0.1) is 6.61 Å². The quantitative estimate of drug-likeness (QED) is 0.931. The van der Waals surface area contributed by atoms with Gasteiger partial charge in [0.25, 0.3) is 0 Å². The van der Waals surface area contributed by atoms with Gasteiger partial charge >= 0.3 is 0 Å². The molecule has 0 aliphatic carbocycles. The first-order valence-electron chi connectivity index (χ1n) is 7.16. The maximum Gasteiger partial charge on any atom is 0.127 e. The number of fused-ring (bicyclic) bond motifs is 1. The molecule has 1 unspecified atom stereocenters. The molecular formula is C15H22Cl2N2O. The molecule has 1 atom stereocenters. The van der Waals surface area contributed by atoms with Gasteiger partial charge in [-0.05, 0) is 37.1 Å². The van der Waals surface area contributed by atoms with Gasteiger partial charge in [-0.25, -0.2) is 0 Å². The van der Waals surface area contributed by atoms with Gasteiger partial charge in [-0.3, -0.25) is 4.90 Å². The van der Waals surface area contributed by atoms with E-state index in [1.807, 2.05) is 12.1 Å². The molecule has 0 amide bonds. The van der Waals surface area contributed by atoms with Crippen LogP contribution in [-0.2, 0) is 13.0 Å². The predicted molar refractivity (Wildman–Crippen MR) is 85.0 cm³/mol. The Kier molecular flexibility index (Phi) is 5.56. The van der Waals surface area contributed by atoms with E-state index in [9.17, 15) is 0 Å². The topological polar surface area (TPSA) is 38.5 Å². The van der Waals surface area contributed by atoms with Crippen LogP contribution in [0.3, 0.4) is 0 Å². The van der Waals surface area contributed by atoms with Crippen LogP contribution in [0.5, 0.6) is 5.75 Å². The lowest BCUT2D eigenvalue weighted by Crippen LogP contribution is -2.43. The Morgan fingerprint density at radius 1 is 1.35 bits per heavy atom. The standard InChI is InChI=1S/C15H21ClN2O.ClH/c16-13-7-11-4-6-19-15(11)12(8-13)10-18-5-2-1-3-14(18)9-17;/h7-8,14H,1-6,9-10,17H2;1H. The summed E-state index contributed by atoms with van der Waals surface area (Å²) in [6, 6.07) is 4.59. The largest absolute Gasteiger partial charge is 0.493 e. The summed E-state index contributed by atoms with van der Waals surface area (Å²) in [7, 11) is 0. The minimum Gasteiger partial charge on any atom is -0.493 e. The SMILES string of the molecule is Cl.NCC1CCCCN1Cc1cc(Cl)cc2c1OCC2. The van der Waals surface area contributed by atoms with Crippen molar-refractivity contribution in [2.75, 3.05) is 19.7 Å². The number of piperidine rings is 1. The highest BCUT2D eigenvalue weighted by Crippen LogP contribution is 2.34. The number of nitrogens with zero attached hydrogens (tertiary/aromatic N) is 1. The van der Waals surface area contributed by atoms with Gasteiger partial charge in [-0.2, -0.15) is 0 Å². The Bertz CT molecular complexity index is 467. The lowest BCUT2D eigenvalue weighted by Gasteiger charge is -2.35. The number of hydrogen-bond donors (Lipinski definition) is 1. The summed E-state index contributed by atoms with van der Waals surface area (Å²) in [5.41, 5.74) is 8.37. The molecular weight excluding hydrogens is 295 g/mol. The van der Waals surface area contributed by atoms with Gasteiger partial charge in [-0.15, -0.1) is 12.4 Å². The molecule has 5 heteroatoms. The zero-order chi connectivity index (χ0) is 13.2. The van der Waals surface area contributed by atoms with E-state index in [0.29, 0.717) is 6.04 Å². The second kappa shape index (κ2) is 6.99. The molecule has 112 valence electrons. The third-order valence-corrected chi connectivity index (χ3v) is 4.44. The number of ether oxygens (including phenoxy) is 1. The van der Waals surface area contributed by atoms with Crippen LogP contribution < -0.4 is 10.5 Å². The molecule has 2 aliphatic heterocycles. The zero-order valence-electron chi connectivity index (χ0n) is 11.6. The molecule has 3 rings (SSSR count). The third-order valence-electron chi connectivity index (χ3n) is 4.22. The lowest BCUT2D eigenvalue weighted by atomic mass is 10.0. The predicted octanol–water partition coefficient (Wildman–Crippen LogP) is 3.01. The molecule has 1 fully saturated rings. The van der Waals surface area contributed by atoms with Gasteiger partial charge in [0.15, 0.2) is 0 Å². The van der Waals surface area contributed by atoms with E-state index in [1.54, 1.807) is 0 Å². The average Bonchev–Trinajstić information content (AvgIpc) is 2.87. The van der Waals surface area contributed by atoms with E-state index < -0.39 is 0 Å². The summed E-state index contributed by atoms with van der Waals surface area (Å²) >= 11 is 6.22. The first kappa shape index (κ1) is 15.9. The fourth-order valence-electron chi connectivity index (χ4n) is 3.22. The van der Waals surface area contributed by atoms with Gasteiger partial charge in [0.1, 0.15) is 5.75 Å². The van der Waals surface area contributed by atoms with Crippen LogP contribution in [0.25, 0.3) is 0 Å². The van der Waals surface area contributed by atoms with E-state index >= 15 is 0 Å². The Labute approximate surface area is 131 Å². The molecule has 0 aromatic heterocycles. The van der Waals surface area contributed by atoms with E-state index in [1.165, 1.54) is 30.4 Å². The number of hydrogen-bond acceptors (Lipinski definition) is 3. The van der Waals surface area contributed by atoms with Crippen molar-refractivity contribution in [1.82, 2.24) is 4.90 Å². The molecule has 0 radical (unpaired) electrons. The van der Waals surface area contributed by atoms with Crippen molar-refractivity contribution in [3.05, 3.63) is 28.3 Å². The second-order valence-electron chi connectivity index (χ2n) is 5.51. The molecule has 0 saturated carbocycles. The van der Waals surface area contributed by atoms with Crippen LogP contribution in [0, 0.1) is 0 Å². The fourth-order valence-corrected chi connectivity index (χ4v) is 3.48. The van der Waals surface area contributed by atoms with Crippen LogP contribution in [0.2, 0.25) is 5.02 Å². The van der Waals surface area contributed by atoms with Gasteiger partial charge in [0, 0.05) is 36.1 Å². The number of halogens is 2. The van der Waals surface area contributed by atoms with E-state index in [2.05, 4.69) is 4.90 Å². The summed E-state index contributed by atoms with van der Waals surface area (Å²) in [6.07, 6.45) is 4.74. The summed E-state index contributed by atoms with van der Waals surface area (Å²) in [4.78, 5) is 2.48. The number of nitrogens with two attached hydrogens (primary N) is 1. The minimum absolute atomic E-state index is 0. The highest BCUT2D eigenvalue weighted by atomic mass is 35.5. The Hall–Kier alpha value is -0.480. The number of rotatable bonds is 3. The summed E-state index contributed by atoms with van der Waals surface area (Å²) < 4.78 is 5.78. The van der Waals surface area contributed by atoms with E-state index in [4.69, 9.17) is 22.1 Å². The molecule has 1 saturated heterocycles. The van der Waals surface area contributed by atoms with Gasteiger partial charge < -0.3 is 10.5 Å². The van der Waals surface area contributed by atoms with Gasteiger partial charge in [-0.1, -0.05) is 18.0 Å². The number of likely N-dealkylation sites (tertiary alicyclic amines) is 1. The van der Waals surface area contributed by atoms with Crippen molar-refractivity contribution in [2.24, 2.45) is 5.73 Å². The van der Waals surface area contributed by atoms with Crippen LogP contribution in [0.4, 0.5) is 0 Å². The van der Waals surface area contributed by atoms with Crippen molar-refractivity contribution in [3.63, 3.8) is 0 Å². The molecule has 0 spiro atoms. The van der Waals surface area contributed by atoms with Crippen molar-refractivity contribution < 1.29 is 4.74 Å². The molecule has 0 bridgehead atoms. The highest BCUT2D eigenvalue weighted by Gasteiger charge is 2.24. The Morgan fingerprint density at radius 2 is 2.20 bits per heavy atom. The van der Waals surface area contributed by atoms with Gasteiger partial charge in [0.2, 0.25) is 0 Å². The van der Waals surface area contributed by atoms with E-state index in [0.717, 1.165) is 43.4 Å². The minimum atomic E-state index is 0. The van der Waals surface area contributed by atoms with Crippen molar-refractivity contribution >= 4 is 24.0 Å². The van der Waals surface area contributed by atoms with Crippen LogP contribution in [0.1, 0.15) is 30.4 Å². The molecule has 2 heterocycles. The molecule has 3 nitrogen and oxygen atoms in total. The smallest absolute Gasteiger partial charge is 0.127 e. The molecule has 2 N–H and O–H groups in total. The van der Waals surface area contributed by atoms with Crippen LogP contribution >= 0.6 is 24.0 Å². The van der Waals surface area contributed by atoms with Crippen molar-refractivity contribution in [3.8, 4) is 5.75 Å². The van der Waals surface area contributed by atoms with Crippen molar-refractivity contribution in [1.29, 1.82) is 0 Å². The third kappa shape index (κ3) is 3.22. The molecule has 1 aromatic carbocycles. The molecule has 20 heavy (non-hydrogen) atoms. The second-order valence-corrected chi connectivity index (χ2v) is 5.94. The normalized spacial score (nSPS) is 22.0. The lowest BCUT2D eigenvalue weighted by molar-refractivity contribution is 0.143. The van der Waals surface area contributed by atoms with Crippen LogP contribution in [-0.4, -0.2) is 30.6 Å². The average molecular weight is 317 g/mol. The fraction of sp³-hybridized carbons (Fsp3) is 0.600.